The molecule has 0 radical (unpaired) electrons. The Hall–Kier alpha value is -0.770. The average Bonchev–Trinajstić information content (AvgIpc) is 2.61. The van der Waals surface area contributed by atoms with Gasteiger partial charge in [0.15, 0.2) is 9.84 Å². The first-order valence-corrected chi connectivity index (χ1v) is 5.69. The van der Waals surface area contributed by atoms with Crippen LogP contribution in [0.1, 0.15) is 18.6 Å². The number of sulfone groups is 1. The van der Waals surface area contributed by atoms with Gasteiger partial charge in [-0.1, -0.05) is 0 Å². The smallest absolute Gasteiger partial charge is 0.160 e. The third kappa shape index (κ3) is 0.909. The minimum Gasteiger partial charge on any atom is -0.468 e. The fraction of sp³-hybridized carbons (Fsp3) is 0.500. The topological polar surface area (TPSA) is 47.3 Å². The molecule has 1 heterocycles. The Morgan fingerprint density at radius 1 is 1.50 bits per heavy atom. The van der Waals surface area contributed by atoms with Crippen molar-refractivity contribution in [3.63, 3.8) is 0 Å². The SMILES string of the molecule is CS(=O)(=O)C1(c2ccco2)CC1. The summed E-state index contributed by atoms with van der Waals surface area (Å²) >= 11 is 0. The second-order valence-electron chi connectivity index (χ2n) is 3.24. The molecule has 0 N–H and O–H groups in total. The van der Waals surface area contributed by atoms with Crippen LogP contribution in [0.25, 0.3) is 0 Å². The van der Waals surface area contributed by atoms with Crippen molar-refractivity contribution in [3.8, 4) is 0 Å². The molecular weight excluding hydrogens is 176 g/mol. The Labute approximate surface area is 71.3 Å². The molecule has 1 aromatic rings. The van der Waals surface area contributed by atoms with Gasteiger partial charge < -0.3 is 4.42 Å². The fourth-order valence-electron chi connectivity index (χ4n) is 1.45. The van der Waals surface area contributed by atoms with Crippen LogP contribution >= 0.6 is 0 Å². The van der Waals surface area contributed by atoms with Crippen molar-refractivity contribution >= 4 is 9.84 Å². The van der Waals surface area contributed by atoms with Gasteiger partial charge in [0.05, 0.1) is 6.26 Å². The first kappa shape index (κ1) is 7.86. The molecule has 4 heteroatoms. The van der Waals surface area contributed by atoms with Crippen LogP contribution in [0, 0.1) is 0 Å². The van der Waals surface area contributed by atoms with Gasteiger partial charge in [-0.15, -0.1) is 0 Å². The van der Waals surface area contributed by atoms with E-state index in [4.69, 9.17) is 4.42 Å². The van der Waals surface area contributed by atoms with E-state index in [2.05, 4.69) is 0 Å². The summed E-state index contributed by atoms with van der Waals surface area (Å²) in [5.41, 5.74) is 0. The summed E-state index contributed by atoms with van der Waals surface area (Å²) in [5, 5.41) is 0. The molecule has 0 amide bonds. The Morgan fingerprint density at radius 2 is 2.17 bits per heavy atom. The largest absolute Gasteiger partial charge is 0.468 e. The molecule has 1 aliphatic rings. The third-order valence-electron chi connectivity index (χ3n) is 2.38. The van der Waals surface area contributed by atoms with Crippen LogP contribution in [-0.2, 0) is 14.6 Å². The van der Waals surface area contributed by atoms with Crippen molar-refractivity contribution in [2.45, 2.75) is 17.6 Å². The molecule has 2 rings (SSSR count). The zero-order valence-corrected chi connectivity index (χ0v) is 7.60. The highest BCUT2D eigenvalue weighted by Gasteiger charge is 2.55. The summed E-state index contributed by atoms with van der Waals surface area (Å²) in [5.74, 6) is 0.588. The van der Waals surface area contributed by atoms with E-state index < -0.39 is 14.6 Å². The fourth-order valence-corrected chi connectivity index (χ4v) is 2.78. The molecule has 0 bridgehead atoms. The molecule has 0 aromatic carbocycles. The van der Waals surface area contributed by atoms with Crippen molar-refractivity contribution in [2.75, 3.05) is 6.26 Å². The quantitative estimate of drug-likeness (QED) is 0.699. The van der Waals surface area contributed by atoms with Gasteiger partial charge in [-0.05, 0) is 25.0 Å². The van der Waals surface area contributed by atoms with Crippen LogP contribution < -0.4 is 0 Å². The van der Waals surface area contributed by atoms with Gasteiger partial charge >= 0.3 is 0 Å². The van der Waals surface area contributed by atoms with Gasteiger partial charge in [-0.25, -0.2) is 8.42 Å². The molecule has 1 aliphatic carbocycles. The molecule has 0 spiro atoms. The maximum absolute atomic E-state index is 11.4. The summed E-state index contributed by atoms with van der Waals surface area (Å²) in [6.45, 7) is 0. The lowest BCUT2D eigenvalue weighted by Crippen LogP contribution is -2.18. The van der Waals surface area contributed by atoms with Crippen molar-refractivity contribution in [3.05, 3.63) is 24.2 Å². The number of hydrogen-bond acceptors (Lipinski definition) is 3. The minimum atomic E-state index is -3.01. The highest BCUT2D eigenvalue weighted by molar-refractivity contribution is 7.91. The predicted octanol–water partition coefficient (Wildman–Crippen LogP) is 1.31. The van der Waals surface area contributed by atoms with E-state index in [9.17, 15) is 8.42 Å². The van der Waals surface area contributed by atoms with Crippen molar-refractivity contribution in [1.29, 1.82) is 0 Å². The monoisotopic (exact) mass is 186 g/mol. The van der Waals surface area contributed by atoms with Crippen LogP contribution in [0.3, 0.4) is 0 Å². The van der Waals surface area contributed by atoms with Crippen molar-refractivity contribution < 1.29 is 12.8 Å². The van der Waals surface area contributed by atoms with E-state index >= 15 is 0 Å². The number of furan rings is 1. The summed E-state index contributed by atoms with van der Waals surface area (Å²) in [7, 11) is -3.01. The highest BCUT2D eigenvalue weighted by Crippen LogP contribution is 2.52. The predicted molar refractivity (Wildman–Crippen MR) is 44.5 cm³/mol. The van der Waals surface area contributed by atoms with E-state index in [-0.39, 0.29) is 0 Å². The number of hydrogen-bond donors (Lipinski definition) is 0. The van der Waals surface area contributed by atoms with Gasteiger partial charge in [0, 0.05) is 6.26 Å². The molecule has 0 aliphatic heterocycles. The molecule has 0 atom stereocenters. The Bertz CT molecular complexity index is 370. The summed E-state index contributed by atoms with van der Waals surface area (Å²) < 4.78 is 27.1. The maximum atomic E-state index is 11.4. The molecule has 1 aromatic heterocycles. The van der Waals surface area contributed by atoms with Crippen LogP contribution in [0.5, 0.6) is 0 Å². The van der Waals surface area contributed by atoms with Crippen LogP contribution in [0.4, 0.5) is 0 Å². The third-order valence-corrected chi connectivity index (χ3v) is 4.41. The van der Waals surface area contributed by atoms with Gasteiger partial charge in [0.2, 0.25) is 0 Å². The zero-order chi connectivity index (χ0) is 8.82. The highest BCUT2D eigenvalue weighted by atomic mass is 32.2. The van der Waals surface area contributed by atoms with Gasteiger partial charge in [-0.2, -0.15) is 0 Å². The second-order valence-corrected chi connectivity index (χ2v) is 5.57. The molecule has 12 heavy (non-hydrogen) atoms. The van der Waals surface area contributed by atoms with Crippen molar-refractivity contribution in [2.24, 2.45) is 0 Å². The zero-order valence-electron chi connectivity index (χ0n) is 6.78. The molecule has 0 unspecified atom stereocenters. The van der Waals surface area contributed by atoms with Crippen LogP contribution in [-0.4, -0.2) is 14.7 Å². The van der Waals surface area contributed by atoms with Gasteiger partial charge in [0.25, 0.3) is 0 Å². The second kappa shape index (κ2) is 2.13. The molecule has 3 nitrogen and oxygen atoms in total. The van der Waals surface area contributed by atoms with E-state index in [1.54, 1.807) is 12.1 Å². The molecule has 0 saturated heterocycles. The lowest BCUT2D eigenvalue weighted by Gasteiger charge is -2.08. The summed E-state index contributed by atoms with van der Waals surface area (Å²) in [6, 6.07) is 3.45. The molecular formula is C8H10O3S. The van der Waals surface area contributed by atoms with Gasteiger partial charge in [0.1, 0.15) is 10.5 Å². The molecule has 66 valence electrons. The van der Waals surface area contributed by atoms with Crippen molar-refractivity contribution in [1.82, 2.24) is 0 Å². The van der Waals surface area contributed by atoms with Gasteiger partial charge in [-0.3, -0.25) is 0 Å². The average molecular weight is 186 g/mol. The summed E-state index contributed by atoms with van der Waals surface area (Å²) in [4.78, 5) is 0. The lowest BCUT2D eigenvalue weighted by atomic mass is 10.3. The Balaban J connectivity index is 2.49. The maximum Gasteiger partial charge on any atom is 0.160 e. The first-order valence-electron chi connectivity index (χ1n) is 3.80. The lowest BCUT2D eigenvalue weighted by molar-refractivity contribution is 0.486. The standard InChI is InChI=1S/C8H10O3S/c1-12(9,10)8(4-5-8)7-3-2-6-11-7/h2-3,6H,4-5H2,1H3. The first-order chi connectivity index (χ1) is 5.56. The normalized spacial score (nSPS) is 20.8. The number of rotatable bonds is 2. The molecule has 1 fully saturated rings. The van der Waals surface area contributed by atoms with E-state index in [0.717, 1.165) is 0 Å². The Morgan fingerprint density at radius 3 is 2.50 bits per heavy atom. The van der Waals surface area contributed by atoms with Crippen LogP contribution in [0.2, 0.25) is 0 Å². The Kier molecular flexibility index (Phi) is 1.39. The minimum absolute atomic E-state index is 0.588. The van der Waals surface area contributed by atoms with E-state index in [1.165, 1.54) is 12.5 Å². The van der Waals surface area contributed by atoms with E-state index in [1.807, 2.05) is 0 Å². The van der Waals surface area contributed by atoms with Crippen LogP contribution in [0.15, 0.2) is 22.8 Å². The molecule has 1 saturated carbocycles. The van der Waals surface area contributed by atoms with E-state index in [0.29, 0.717) is 18.6 Å². The summed E-state index contributed by atoms with van der Waals surface area (Å²) in [6.07, 6.45) is 4.17.